The van der Waals surface area contributed by atoms with Gasteiger partial charge in [0.05, 0.1) is 11.6 Å². The highest BCUT2D eigenvalue weighted by Gasteiger charge is 2.24. The molecule has 1 rings (SSSR count). The summed E-state index contributed by atoms with van der Waals surface area (Å²) in [6.45, 7) is 8.21. The van der Waals surface area contributed by atoms with Gasteiger partial charge in [-0.3, -0.25) is 4.79 Å². The molecule has 1 aromatic rings. The molecule has 0 saturated carbocycles. The molecule has 0 aliphatic heterocycles. The van der Waals surface area contributed by atoms with Crippen LogP contribution in [-0.4, -0.2) is 24.6 Å². The van der Waals surface area contributed by atoms with Gasteiger partial charge in [0.15, 0.2) is 0 Å². The molecule has 0 saturated heterocycles. The summed E-state index contributed by atoms with van der Waals surface area (Å²) in [6, 6.07) is 7.77. The summed E-state index contributed by atoms with van der Waals surface area (Å²) < 4.78 is 5.57. The molecule has 0 radical (unpaired) electrons. The molecule has 0 aromatic heterocycles. The second kappa shape index (κ2) is 6.57. The number of hydrogen-bond acceptors (Lipinski definition) is 3. The Balaban J connectivity index is 2.53. The van der Waals surface area contributed by atoms with Crippen molar-refractivity contribution in [3.63, 3.8) is 0 Å². The molecule has 4 nitrogen and oxygen atoms in total. The third-order valence-corrected chi connectivity index (χ3v) is 2.94. The van der Waals surface area contributed by atoms with Crippen molar-refractivity contribution in [3.8, 4) is 5.75 Å². The lowest BCUT2D eigenvalue weighted by Crippen LogP contribution is -2.50. The van der Waals surface area contributed by atoms with E-state index in [1.165, 1.54) is 0 Å². The zero-order valence-corrected chi connectivity index (χ0v) is 12.4. The van der Waals surface area contributed by atoms with Gasteiger partial charge in [-0.25, -0.2) is 0 Å². The predicted octanol–water partition coefficient (Wildman–Crippen LogP) is 2.09. The fourth-order valence-corrected chi connectivity index (χ4v) is 1.47. The first-order chi connectivity index (χ1) is 8.85. The SMILES string of the molecule is CNC(C)(C)C(=O)NCc1ccc(OC(C)C)cc1. The summed E-state index contributed by atoms with van der Waals surface area (Å²) in [6.07, 6.45) is 0.169. The summed E-state index contributed by atoms with van der Waals surface area (Å²) in [4.78, 5) is 11.9. The average Bonchev–Trinajstić information content (AvgIpc) is 2.36. The quantitative estimate of drug-likeness (QED) is 0.827. The van der Waals surface area contributed by atoms with E-state index in [0.717, 1.165) is 11.3 Å². The van der Waals surface area contributed by atoms with Crippen LogP contribution in [0.3, 0.4) is 0 Å². The second-order valence-electron chi connectivity index (χ2n) is 5.37. The number of nitrogens with one attached hydrogen (secondary N) is 2. The van der Waals surface area contributed by atoms with Crippen LogP contribution in [0.5, 0.6) is 5.75 Å². The molecule has 0 heterocycles. The number of ether oxygens (including phenoxy) is 1. The molecule has 106 valence electrons. The van der Waals surface area contributed by atoms with Crippen molar-refractivity contribution in [2.45, 2.75) is 45.9 Å². The highest BCUT2D eigenvalue weighted by molar-refractivity contribution is 5.85. The van der Waals surface area contributed by atoms with E-state index in [2.05, 4.69) is 10.6 Å². The Labute approximate surface area is 115 Å². The number of benzene rings is 1. The van der Waals surface area contributed by atoms with Crippen LogP contribution < -0.4 is 15.4 Å². The smallest absolute Gasteiger partial charge is 0.239 e. The molecule has 1 amide bonds. The van der Waals surface area contributed by atoms with Crippen molar-refractivity contribution in [2.75, 3.05) is 7.05 Å². The first-order valence-electron chi connectivity index (χ1n) is 6.58. The zero-order chi connectivity index (χ0) is 14.5. The molecule has 19 heavy (non-hydrogen) atoms. The maximum Gasteiger partial charge on any atom is 0.239 e. The van der Waals surface area contributed by atoms with E-state index >= 15 is 0 Å². The van der Waals surface area contributed by atoms with Crippen LogP contribution in [0.15, 0.2) is 24.3 Å². The van der Waals surface area contributed by atoms with Crippen molar-refractivity contribution in [1.29, 1.82) is 0 Å². The molecule has 0 bridgehead atoms. The maximum atomic E-state index is 11.9. The van der Waals surface area contributed by atoms with E-state index in [-0.39, 0.29) is 12.0 Å². The molecule has 0 atom stereocenters. The molecular formula is C15H24N2O2. The minimum absolute atomic E-state index is 0.0162. The Bertz CT molecular complexity index is 411. The summed E-state index contributed by atoms with van der Waals surface area (Å²) in [5.41, 5.74) is 0.497. The van der Waals surface area contributed by atoms with Crippen molar-refractivity contribution in [1.82, 2.24) is 10.6 Å². The number of hydrogen-bond donors (Lipinski definition) is 2. The molecular weight excluding hydrogens is 240 g/mol. The molecule has 2 N–H and O–H groups in total. The highest BCUT2D eigenvalue weighted by atomic mass is 16.5. The monoisotopic (exact) mass is 264 g/mol. The van der Waals surface area contributed by atoms with Crippen molar-refractivity contribution < 1.29 is 9.53 Å². The number of carbonyl (C=O) groups excluding carboxylic acids is 1. The van der Waals surface area contributed by atoms with Crippen LogP contribution >= 0.6 is 0 Å². The van der Waals surface area contributed by atoms with Crippen LogP contribution in [0.25, 0.3) is 0 Å². The van der Waals surface area contributed by atoms with E-state index in [0.29, 0.717) is 6.54 Å². The largest absolute Gasteiger partial charge is 0.491 e. The Morgan fingerprint density at radius 1 is 1.26 bits per heavy atom. The molecule has 0 spiro atoms. The molecule has 0 unspecified atom stereocenters. The third-order valence-electron chi connectivity index (χ3n) is 2.94. The van der Waals surface area contributed by atoms with E-state index in [4.69, 9.17) is 4.74 Å². The van der Waals surface area contributed by atoms with Gasteiger partial charge in [0.1, 0.15) is 5.75 Å². The molecule has 0 fully saturated rings. The average molecular weight is 264 g/mol. The van der Waals surface area contributed by atoms with Gasteiger partial charge in [0.25, 0.3) is 0 Å². The maximum absolute atomic E-state index is 11.9. The lowest BCUT2D eigenvalue weighted by atomic mass is 10.1. The number of rotatable bonds is 6. The predicted molar refractivity (Wildman–Crippen MR) is 77.2 cm³/mol. The second-order valence-corrected chi connectivity index (χ2v) is 5.37. The van der Waals surface area contributed by atoms with Gasteiger partial charge in [-0.05, 0) is 52.4 Å². The minimum atomic E-state index is -0.555. The highest BCUT2D eigenvalue weighted by Crippen LogP contribution is 2.13. The van der Waals surface area contributed by atoms with E-state index in [9.17, 15) is 4.79 Å². The number of amides is 1. The number of carbonyl (C=O) groups is 1. The zero-order valence-electron chi connectivity index (χ0n) is 12.4. The fraction of sp³-hybridized carbons (Fsp3) is 0.533. The summed E-state index contributed by atoms with van der Waals surface area (Å²) in [5.74, 6) is 0.832. The van der Waals surface area contributed by atoms with Gasteiger partial charge in [0, 0.05) is 6.54 Å². The first kappa shape index (κ1) is 15.5. The molecule has 0 aliphatic rings. The van der Waals surface area contributed by atoms with Crippen LogP contribution in [0.4, 0.5) is 0 Å². The lowest BCUT2D eigenvalue weighted by Gasteiger charge is -2.22. The van der Waals surface area contributed by atoms with Crippen molar-refractivity contribution in [3.05, 3.63) is 29.8 Å². The van der Waals surface area contributed by atoms with Crippen LogP contribution in [0.1, 0.15) is 33.3 Å². The summed E-state index contributed by atoms with van der Waals surface area (Å²) >= 11 is 0. The molecule has 1 aromatic carbocycles. The Morgan fingerprint density at radius 3 is 2.32 bits per heavy atom. The molecule has 4 heteroatoms. The van der Waals surface area contributed by atoms with E-state index in [1.807, 2.05) is 52.0 Å². The fourth-order valence-electron chi connectivity index (χ4n) is 1.47. The van der Waals surface area contributed by atoms with Gasteiger partial charge in [0.2, 0.25) is 5.91 Å². The standard InChI is InChI=1S/C15H24N2O2/c1-11(2)19-13-8-6-12(7-9-13)10-17-14(18)15(3,4)16-5/h6-9,11,16H,10H2,1-5H3,(H,17,18). The minimum Gasteiger partial charge on any atom is -0.491 e. The normalized spacial score (nSPS) is 11.5. The lowest BCUT2D eigenvalue weighted by molar-refractivity contribution is -0.126. The van der Waals surface area contributed by atoms with Gasteiger partial charge in [-0.15, -0.1) is 0 Å². The topological polar surface area (TPSA) is 50.4 Å². The Kier molecular flexibility index (Phi) is 5.36. The van der Waals surface area contributed by atoms with Gasteiger partial charge in [-0.2, -0.15) is 0 Å². The van der Waals surface area contributed by atoms with Gasteiger partial charge >= 0.3 is 0 Å². The summed E-state index contributed by atoms with van der Waals surface area (Å²) in [5, 5.41) is 5.88. The van der Waals surface area contributed by atoms with Crippen molar-refractivity contribution >= 4 is 5.91 Å². The van der Waals surface area contributed by atoms with E-state index in [1.54, 1.807) is 7.05 Å². The number of likely N-dealkylation sites (N-methyl/N-ethyl adjacent to an activating group) is 1. The Hall–Kier alpha value is -1.55. The first-order valence-corrected chi connectivity index (χ1v) is 6.58. The third kappa shape index (κ3) is 4.91. The van der Waals surface area contributed by atoms with Crippen LogP contribution in [0, 0.1) is 0 Å². The van der Waals surface area contributed by atoms with E-state index < -0.39 is 5.54 Å². The summed E-state index contributed by atoms with van der Waals surface area (Å²) in [7, 11) is 1.78. The van der Waals surface area contributed by atoms with Crippen LogP contribution in [0.2, 0.25) is 0 Å². The van der Waals surface area contributed by atoms with Gasteiger partial charge < -0.3 is 15.4 Å². The van der Waals surface area contributed by atoms with Crippen LogP contribution in [-0.2, 0) is 11.3 Å². The molecule has 0 aliphatic carbocycles. The van der Waals surface area contributed by atoms with Gasteiger partial charge in [-0.1, -0.05) is 12.1 Å². The Morgan fingerprint density at radius 2 is 1.84 bits per heavy atom. The van der Waals surface area contributed by atoms with Crippen molar-refractivity contribution in [2.24, 2.45) is 0 Å².